The number of benzene rings is 4. The second-order valence-electron chi connectivity index (χ2n) is 13.5. The summed E-state index contributed by atoms with van der Waals surface area (Å²) in [5, 5.41) is 8.35. The fourth-order valence-corrected chi connectivity index (χ4v) is 6.11. The Hall–Kier alpha value is -6.44. The number of likely N-dealkylation sites (N-methyl/N-ethyl adjacent to an activating group) is 2. The number of halogens is 1. The number of rotatable bonds is 7. The van der Waals surface area contributed by atoms with Gasteiger partial charge in [0, 0.05) is 27.1 Å². The molecule has 13 nitrogen and oxygen atoms in total. The van der Waals surface area contributed by atoms with Gasteiger partial charge in [0.2, 0.25) is 17.7 Å². The molecule has 0 aliphatic carbocycles. The third kappa shape index (κ3) is 12.5. The molecular weight excluding hydrogens is 733 g/mol. The molecule has 14 heteroatoms. The molecule has 0 aromatic heterocycles. The lowest BCUT2D eigenvalue weighted by molar-refractivity contribution is -0.133. The van der Waals surface area contributed by atoms with E-state index in [1.807, 2.05) is 30.3 Å². The first-order valence-corrected chi connectivity index (χ1v) is 18.8. The molecule has 2 atom stereocenters. The number of ether oxygens (including phenoxy) is 3. The van der Waals surface area contributed by atoms with E-state index in [-0.39, 0.29) is 81.0 Å². The predicted octanol–water partition coefficient (Wildman–Crippen LogP) is 4.02. The van der Waals surface area contributed by atoms with Crippen molar-refractivity contribution in [1.82, 2.24) is 25.8 Å². The Morgan fingerprint density at radius 2 is 1.53 bits per heavy atom. The van der Waals surface area contributed by atoms with Gasteiger partial charge in [0.05, 0.1) is 36.9 Å². The minimum absolute atomic E-state index is 0.0249. The Balaban J connectivity index is 1.38. The maximum absolute atomic E-state index is 13.9. The van der Waals surface area contributed by atoms with Gasteiger partial charge in [-0.05, 0) is 73.4 Å². The molecule has 0 spiro atoms. The number of carbonyl (C=O) groups is 5. The van der Waals surface area contributed by atoms with Crippen LogP contribution >= 0.6 is 0 Å². The molecular formula is C43H48FN5O8. The highest BCUT2D eigenvalue weighted by atomic mass is 19.1. The molecule has 4 aromatic rings. The quantitative estimate of drug-likeness (QED) is 0.238. The Bertz CT molecular complexity index is 1980. The highest BCUT2D eigenvalue weighted by Gasteiger charge is 2.28. The molecule has 0 unspecified atom stereocenters. The normalized spacial score (nSPS) is 17.8. The van der Waals surface area contributed by atoms with Crippen molar-refractivity contribution in [3.63, 3.8) is 0 Å². The average Bonchev–Trinajstić information content (AvgIpc) is 3.22. The molecule has 1 heterocycles. The minimum Gasteiger partial charge on any atom is -0.493 e. The molecule has 4 aromatic carbocycles. The lowest BCUT2D eigenvalue weighted by Crippen LogP contribution is -2.48. The highest BCUT2D eigenvalue weighted by molar-refractivity contribution is 6.00. The molecule has 57 heavy (non-hydrogen) atoms. The van der Waals surface area contributed by atoms with Crippen LogP contribution in [0.15, 0.2) is 103 Å². The Morgan fingerprint density at radius 3 is 2.26 bits per heavy atom. The number of nitrogens with zero attached hydrogens (tertiary/aromatic N) is 2. The van der Waals surface area contributed by atoms with Crippen LogP contribution in [-0.2, 0) is 20.8 Å². The van der Waals surface area contributed by atoms with Gasteiger partial charge >= 0.3 is 0 Å². The van der Waals surface area contributed by atoms with E-state index in [2.05, 4.69) is 16.0 Å². The lowest BCUT2D eigenvalue weighted by atomic mass is 10.0. The van der Waals surface area contributed by atoms with Crippen molar-refractivity contribution in [3.05, 3.63) is 126 Å². The topological polar surface area (TPSA) is 156 Å². The fraction of sp³-hybridized carbons (Fsp3) is 0.326. The summed E-state index contributed by atoms with van der Waals surface area (Å²) in [6.45, 7) is 0.392. The number of hydrogen-bond acceptors (Lipinski definition) is 8. The number of fused-ring (bicyclic) bond motifs is 2. The molecule has 0 fully saturated rings. The zero-order valence-electron chi connectivity index (χ0n) is 32.1. The van der Waals surface area contributed by atoms with Crippen molar-refractivity contribution in [3.8, 4) is 17.2 Å². The smallest absolute Gasteiger partial charge is 0.257 e. The van der Waals surface area contributed by atoms with Crippen LogP contribution in [-0.4, -0.2) is 105 Å². The molecule has 0 saturated heterocycles. The van der Waals surface area contributed by atoms with Crippen LogP contribution in [0.2, 0.25) is 0 Å². The van der Waals surface area contributed by atoms with Crippen LogP contribution in [0.5, 0.6) is 17.2 Å². The van der Waals surface area contributed by atoms with Crippen LogP contribution in [0.3, 0.4) is 0 Å². The van der Waals surface area contributed by atoms with E-state index in [4.69, 9.17) is 14.2 Å². The average molecular weight is 782 g/mol. The van der Waals surface area contributed by atoms with Gasteiger partial charge in [-0.15, -0.1) is 0 Å². The zero-order valence-corrected chi connectivity index (χ0v) is 32.1. The Labute approximate surface area is 331 Å². The number of carbonyl (C=O) groups excluding carboxylic acids is 5. The first kappa shape index (κ1) is 41.7. The molecule has 1 aliphatic heterocycles. The van der Waals surface area contributed by atoms with Crippen LogP contribution < -0.4 is 30.2 Å². The van der Waals surface area contributed by atoms with Gasteiger partial charge in [-0.2, -0.15) is 0 Å². The zero-order chi connectivity index (χ0) is 40.6. The van der Waals surface area contributed by atoms with E-state index >= 15 is 0 Å². The van der Waals surface area contributed by atoms with Crippen LogP contribution in [0, 0.1) is 5.82 Å². The monoisotopic (exact) mass is 781 g/mol. The maximum atomic E-state index is 13.9. The van der Waals surface area contributed by atoms with Crippen molar-refractivity contribution >= 4 is 29.5 Å². The van der Waals surface area contributed by atoms with E-state index in [1.54, 1.807) is 60.5 Å². The lowest BCUT2D eigenvalue weighted by Gasteiger charge is -2.29. The number of para-hydroxylation sites is 2. The van der Waals surface area contributed by atoms with Gasteiger partial charge in [0.1, 0.15) is 42.3 Å². The summed E-state index contributed by atoms with van der Waals surface area (Å²) in [7, 11) is 3.18. The number of amides is 5. The molecule has 0 bridgehead atoms. The summed E-state index contributed by atoms with van der Waals surface area (Å²) in [6, 6.07) is 26.7. The summed E-state index contributed by atoms with van der Waals surface area (Å²) in [5.74, 6) is -1.60. The van der Waals surface area contributed by atoms with Gasteiger partial charge in [0.15, 0.2) is 0 Å². The van der Waals surface area contributed by atoms with Gasteiger partial charge in [0.25, 0.3) is 11.8 Å². The van der Waals surface area contributed by atoms with Gasteiger partial charge < -0.3 is 40.0 Å². The second-order valence-corrected chi connectivity index (χ2v) is 13.5. The number of hydrogen-bond donors (Lipinski definition) is 3. The first-order valence-electron chi connectivity index (χ1n) is 18.8. The van der Waals surface area contributed by atoms with E-state index in [0.29, 0.717) is 24.3 Å². The Morgan fingerprint density at radius 1 is 0.860 bits per heavy atom. The summed E-state index contributed by atoms with van der Waals surface area (Å²) in [5.41, 5.74) is 1.39. The molecule has 3 N–H and O–H groups in total. The first-order chi connectivity index (χ1) is 27.6. The third-order valence-electron chi connectivity index (χ3n) is 9.32. The largest absolute Gasteiger partial charge is 0.493 e. The molecule has 0 saturated carbocycles. The van der Waals surface area contributed by atoms with Crippen LogP contribution in [0.1, 0.15) is 45.5 Å². The van der Waals surface area contributed by atoms with Crippen molar-refractivity contribution in [2.45, 2.75) is 37.8 Å². The predicted molar refractivity (Wildman–Crippen MR) is 211 cm³/mol. The van der Waals surface area contributed by atoms with E-state index in [1.165, 1.54) is 36.2 Å². The molecule has 300 valence electrons. The summed E-state index contributed by atoms with van der Waals surface area (Å²) in [4.78, 5) is 70.4. The standard InChI is InChI=1S/C43H48FN5O8/c1-48-28-39(50)45-23-10-25-56-37-15-8-6-13-34(37)41(52)47-36(42(53)46-24-26-55-33-19-17-31(44)18-20-33)21-22-40(51)49(2)32(27-30-11-4-3-5-12-30)29-57-38-16-9-7-14-35(38)43(48)54/h3-9,11-20,32,36H,10,21-29H2,1-2H3,(H,45,50)(H,46,53)(H,47,52)/t32-,36-/m0/s1. The van der Waals surface area contributed by atoms with Crippen LogP contribution in [0.25, 0.3) is 0 Å². The van der Waals surface area contributed by atoms with Gasteiger partial charge in [-0.25, -0.2) is 4.39 Å². The van der Waals surface area contributed by atoms with E-state index < -0.39 is 35.6 Å². The second kappa shape index (κ2) is 21.0. The fourth-order valence-electron chi connectivity index (χ4n) is 6.11. The van der Waals surface area contributed by atoms with Gasteiger partial charge in [-0.1, -0.05) is 54.6 Å². The molecule has 5 rings (SSSR count). The van der Waals surface area contributed by atoms with Gasteiger partial charge in [-0.3, -0.25) is 24.0 Å². The van der Waals surface area contributed by atoms with Crippen molar-refractivity contribution in [1.29, 1.82) is 0 Å². The highest BCUT2D eigenvalue weighted by Crippen LogP contribution is 2.22. The molecule has 1 aliphatic rings. The number of nitrogens with one attached hydrogen (secondary N) is 3. The van der Waals surface area contributed by atoms with Crippen molar-refractivity contribution < 1.29 is 42.6 Å². The third-order valence-corrected chi connectivity index (χ3v) is 9.32. The summed E-state index contributed by atoms with van der Waals surface area (Å²) in [6.07, 6.45) is 0.682. The maximum Gasteiger partial charge on any atom is 0.257 e. The SMILES string of the molecule is CN1CC(=O)NCCCOc2ccccc2C(=O)N[C@H](C(=O)NCCOc2ccc(F)cc2)CCC(=O)N(C)[C@@H](Cc2ccccc2)COc2ccccc2C1=O. The molecule has 0 radical (unpaired) electrons. The van der Waals surface area contributed by atoms with Crippen molar-refractivity contribution in [2.24, 2.45) is 0 Å². The minimum atomic E-state index is -1.12. The van der Waals surface area contributed by atoms with Crippen molar-refractivity contribution in [2.75, 3.05) is 53.6 Å². The molecule has 5 amide bonds. The van der Waals surface area contributed by atoms with E-state index in [9.17, 15) is 28.4 Å². The van der Waals surface area contributed by atoms with Crippen LogP contribution in [0.4, 0.5) is 4.39 Å². The Kier molecular flexibility index (Phi) is 15.4. The summed E-state index contributed by atoms with van der Waals surface area (Å²) >= 11 is 0. The van der Waals surface area contributed by atoms with E-state index in [0.717, 1.165) is 5.56 Å². The summed E-state index contributed by atoms with van der Waals surface area (Å²) < 4.78 is 31.1.